The van der Waals surface area contributed by atoms with Crippen LogP contribution in [0.15, 0.2) is 85.2 Å². The van der Waals surface area contributed by atoms with Crippen molar-refractivity contribution < 1.29 is 27.4 Å². The Morgan fingerprint density at radius 2 is 1.02 bits per heavy atom. The van der Waals surface area contributed by atoms with Gasteiger partial charge < -0.3 is 59.9 Å². The molecule has 0 radical (unpaired) electrons. The molecule has 8 heterocycles. The number of fused-ring (bicyclic) bond motifs is 6. The number of rotatable bonds is 10. The molecule has 4 saturated heterocycles. The number of ether oxygens (including phenoxy) is 2. The second kappa shape index (κ2) is 28.6. The maximum atomic E-state index is 15.6. The van der Waals surface area contributed by atoms with Gasteiger partial charge in [0.2, 0.25) is 11.2 Å². The summed E-state index contributed by atoms with van der Waals surface area (Å²) in [6.45, 7) is 18.0. The molecule has 85 heavy (non-hydrogen) atoms. The lowest BCUT2D eigenvalue weighted by molar-refractivity contribution is 0.0863. The predicted molar refractivity (Wildman–Crippen MR) is 355 cm³/mol. The van der Waals surface area contributed by atoms with Crippen molar-refractivity contribution in [2.45, 2.75) is 49.9 Å². The van der Waals surface area contributed by atoms with Gasteiger partial charge in [-0.05, 0) is 141 Å². The normalized spacial score (nSPS) is 19.5. The molecule has 5 N–H and O–H groups in total. The van der Waals surface area contributed by atoms with Gasteiger partial charge in [0, 0.05) is 85.5 Å². The molecule has 0 aliphatic carbocycles. The van der Waals surface area contributed by atoms with Gasteiger partial charge in [-0.25, -0.2) is 18.7 Å². The first-order valence-electron chi connectivity index (χ1n) is 28.0. The number of aromatic nitrogens is 4. The van der Waals surface area contributed by atoms with Gasteiger partial charge in [-0.3, -0.25) is 9.80 Å². The van der Waals surface area contributed by atoms with E-state index in [0.717, 1.165) is 57.7 Å². The van der Waals surface area contributed by atoms with Crippen LogP contribution in [-0.2, 0) is 9.13 Å². The Labute approximate surface area is 526 Å². The van der Waals surface area contributed by atoms with E-state index >= 15 is 4.39 Å². The zero-order valence-corrected chi connectivity index (χ0v) is 54.7. The van der Waals surface area contributed by atoms with Crippen LogP contribution in [0.4, 0.5) is 60.5 Å². The van der Waals surface area contributed by atoms with Crippen molar-refractivity contribution in [3.8, 4) is 11.5 Å². The van der Waals surface area contributed by atoms with Crippen LogP contribution in [0.2, 0.25) is 15.3 Å². The molecule has 4 fully saturated rings. The number of hydrogen-bond donors (Lipinski definition) is 4. The van der Waals surface area contributed by atoms with Crippen LogP contribution >= 0.6 is 76.1 Å². The van der Waals surface area contributed by atoms with E-state index in [2.05, 4.69) is 79.4 Å². The third-order valence-corrected chi connectivity index (χ3v) is 20.0. The summed E-state index contributed by atoms with van der Waals surface area (Å²) in [4.78, 5) is 30.9. The Bertz CT molecular complexity index is 3400. The van der Waals surface area contributed by atoms with E-state index in [1.165, 1.54) is 63.3 Å². The number of nitrogens with two attached hydrogens (primary N) is 1. The van der Waals surface area contributed by atoms with Crippen LogP contribution in [0.5, 0.6) is 11.5 Å². The van der Waals surface area contributed by atoms with Crippen molar-refractivity contribution in [1.29, 1.82) is 0 Å². The molecule has 0 spiro atoms. The van der Waals surface area contributed by atoms with E-state index in [-0.39, 0.29) is 61.9 Å². The van der Waals surface area contributed by atoms with Gasteiger partial charge in [0.05, 0.1) is 35.9 Å². The van der Waals surface area contributed by atoms with E-state index in [4.69, 9.17) is 50.0 Å². The minimum atomic E-state index is -2.54. The van der Waals surface area contributed by atoms with Crippen LogP contribution < -0.4 is 51.6 Å². The summed E-state index contributed by atoms with van der Waals surface area (Å²) in [5, 5.41) is 11.5. The van der Waals surface area contributed by atoms with Crippen LogP contribution in [0.25, 0.3) is 0 Å². The monoisotopic (exact) mass is 1300 g/mol. The Morgan fingerprint density at radius 3 is 1.52 bits per heavy atom. The molecule has 0 bridgehead atoms. The predicted octanol–water partition coefficient (Wildman–Crippen LogP) is 10.4. The van der Waals surface area contributed by atoms with Gasteiger partial charge in [0.1, 0.15) is 60.4 Å². The van der Waals surface area contributed by atoms with Crippen LogP contribution in [0.1, 0.15) is 25.7 Å². The molecule has 2 aromatic heterocycles. The summed E-state index contributed by atoms with van der Waals surface area (Å²) in [5.74, 6) is 1.48. The molecule has 2 atom stereocenters. The molecule has 0 unspecified atom stereocenters. The number of likely N-dealkylation sites (tertiary alicyclic amines) is 2. The molecule has 18 nitrogen and oxygen atoms in total. The first-order chi connectivity index (χ1) is 39.6. The highest BCUT2D eigenvalue weighted by Crippen LogP contribution is 2.44. The fourth-order valence-electron chi connectivity index (χ4n) is 11.8. The SMILES string of the molecule is CN1CCC(N2CCN3c4c(F)cc(N)cc4OC[C@@H]3C2)CC1.CN1CCC(N2CCN3c4c(F)cc(Nc5ncc(Cl)c(Nc6ccccc6P(C)(C)=O)n5)cc4OC[C@@H]3C2)CC1.CP(C)(=O)c1ccccc1Nc1nc(Cl)ncc1Cl.S.S. The minimum absolute atomic E-state index is 0. The summed E-state index contributed by atoms with van der Waals surface area (Å²) in [5.41, 5.74) is 9.11. The lowest BCUT2D eigenvalue weighted by atomic mass is 10.00. The van der Waals surface area contributed by atoms with Crippen LogP contribution in [0.3, 0.4) is 0 Å². The third kappa shape index (κ3) is 16.1. The summed E-state index contributed by atoms with van der Waals surface area (Å²) in [7, 11) is -0.577. The lowest BCUT2D eigenvalue weighted by Gasteiger charge is -2.48. The molecular formula is C58H77Cl3F2N14O4P2S2. The average molecular weight is 1300 g/mol. The zero-order chi connectivity index (χ0) is 58.7. The summed E-state index contributed by atoms with van der Waals surface area (Å²) in [6.07, 6.45) is 7.70. The molecule has 6 aromatic rings. The number of benzene rings is 4. The third-order valence-electron chi connectivity index (χ3n) is 16.1. The second-order valence-electron chi connectivity index (χ2n) is 22.9. The first-order valence-corrected chi connectivity index (χ1v) is 34.4. The second-order valence-corrected chi connectivity index (χ2v) is 30.4. The largest absolute Gasteiger partial charge is 0.489 e. The number of nitrogens with one attached hydrogen (secondary N) is 3. The van der Waals surface area contributed by atoms with Gasteiger partial charge in [-0.2, -0.15) is 37.0 Å². The molecule has 27 heteroatoms. The number of nitrogens with zero attached hydrogens (tertiary/aromatic N) is 10. The summed E-state index contributed by atoms with van der Waals surface area (Å²) in [6, 6.07) is 22.7. The molecular weight excluding hydrogens is 1230 g/mol. The van der Waals surface area contributed by atoms with Crippen molar-refractivity contribution in [3.05, 3.63) is 112 Å². The highest BCUT2D eigenvalue weighted by atomic mass is 35.5. The highest BCUT2D eigenvalue weighted by Gasteiger charge is 2.39. The Hall–Kier alpha value is -4.83. The van der Waals surface area contributed by atoms with Gasteiger partial charge in [0.25, 0.3) is 0 Å². The number of halogens is 5. The summed E-state index contributed by atoms with van der Waals surface area (Å²) >= 11 is 18.1. The average Bonchev–Trinajstić information content (AvgIpc) is 2.50. The molecule has 0 amide bonds. The first kappa shape index (κ1) is 66.1. The smallest absolute Gasteiger partial charge is 0.229 e. The summed E-state index contributed by atoms with van der Waals surface area (Å²) < 4.78 is 66.9. The number of piperidine rings is 2. The van der Waals surface area contributed by atoms with Crippen molar-refractivity contribution in [2.75, 3.05) is 151 Å². The molecule has 0 saturated carbocycles. The zero-order valence-electron chi connectivity index (χ0n) is 48.7. The van der Waals surface area contributed by atoms with Crippen molar-refractivity contribution >= 4 is 138 Å². The highest BCUT2D eigenvalue weighted by molar-refractivity contribution is 7.70. The maximum absolute atomic E-state index is 15.6. The van der Waals surface area contributed by atoms with E-state index < -0.39 is 14.3 Å². The van der Waals surface area contributed by atoms with Crippen molar-refractivity contribution in [2.24, 2.45) is 0 Å². The maximum Gasteiger partial charge on any atom is 0.229 e. The van der Waals surface area contributed by atoms with Crippen molar-refractivity contribution in [1.82, 2.24) is 39.5 Å². The number of hydrogen-bond acceptors (Lipinski definition) is 18. The van der Waals surface area contributed by atoms with E-state index in [1.807, 2.05) is 48.5 Å². The Kier molecular flexibility index (Phi) is 22.2. The standard InChI is InChI=1S/C29H36ClFN7O2P.C17H25FN4O.C12H12Cl2N3OP.2H2S/c1-36-10-8-20(9-11-36)37-12-13-38-21(17-37)18-40-25-15-19(14-23(31)27(25)38)33-29-32-16-22(30)28(35-29)34-24-6-4-5-7-26(24)41(2,3)39;1-20-4-2-13(3-5-20)21-6-7-22-14(10-21)11-23-16-9-12(19)8-15(18)17(16)22;1-19(2,18)10-6-4-3-5-9(10)16-11-8(13)7-15-12(14)17-11;;/h4-7,14-16,20-21H,8-13,17-18H2,1-3H3,(H2,32,33,34,35);8-9,13-14H,2-7,10-11,19H2,1H3;3-7H,1-2H3,(H,15,16,17);2*1H2/t21-;14-;;;/m00.../s1. The molecule has 460 valence electrons. The van der Waals surface area contributed by atoms with Gasteiger partial charge in [0.15, 0.2) is 23.3 Å². The number of piperazine rings is 2. The van der Waals surface area contributed by atoms with Crippen LogP contribution in [-0.4, -0.2) is 183 Å². The number of anilines is 9. The number of para-hydroxylation sites is 2. The molecule has 6 aliphatic rings. The van der Waals surface area contributed by atoms with Gasteiger partial charge >= 0.3 is 0 Å². The fourth-order valence-corrected chi connectivity index (χ4v) is 14.6. The van der Waals surface area contributed by atoms with Gasteiger partial charge in [-0.1, -0.05) is 47.5 Å². The van der Waals surface area contributed by atoms with Crippen LogP contribution in [0, 0.1) is 11.6 Å². The quantitative estimate of drug-likeness (QED) is 0.0576. The fraction of sp³-hybridized carbons (Fsp3) is 0.448. The Balaban J connectivity index is 0.000000181. The Morgan fingerprint density at radius 1 is 0.576 bits per heavy atom. The topological polar surface area (TPSA) is 186 Å². The van der Waals surface area contributed by atoms with E-state index in [1.54, 1.807) is 38.8 Å². The lowest BCUT2D eigenvalue weighted by Crippen LogP contribution is -2.60. The molecule has 4 aromatic carbocycles. The number of nitrogen functional groups attached to an aromatic ring is 1. The van der Waals surface area contributed by atoms with E-state index in [0.29, 0.717) is 97.9 Å². The molecule has 6 aliphatic heterocycles. The van der Waals surface area contributed by atoms with E-state index in [9.17, 15) is 13.5 Å². The molecule has 12 rings (SSSR count). The van der Waals surface area contributed by atoms with Crippen molar-refractivity contribution in [3.63, 3.8) is 0 Å². The van der Waals surface area contributed by atoms with Gasteiger partial charge in [-0.15, -0.1) is 0 Å². The minimum Gasteiger partial charge on any atom is -0.489 e.